The third-order valence-electron chi connectivity index (χ3n) is 5.35. The number of sulfonamides is 1. The van der Waals surface area contributed by atoms with E-state index in [0.29, 0.717) is 6.61 Å². The minimum Gasteiger partial charge on any atom is -0.497 e. The fourth-order valence-corrected chi connectivity index (χ4v) is 4.47. The van der Waals surface area contributed by atoms with E-state index >= 15 is 0 Å². The average Bonchev–Trinajstić information content (AvgIpc) is 3.24. The van der Waals surface area contributed by atoms with E-state index in [-0.39, 0.29) is 4.90 Å². The minimum absolute atomic E-state index is 0.121. The van der Waals surface area contributed by atoms with Gasteiger partial charge in [0.2, 0.25) is 0 Å². The molecule has 9 nitrogen and oxygen atoms in total. The Morgan fingerprint density at radius 1 is 1.09 bits per heavy atom. The first kappa shape index (κ1) is 23.7. The summed E-state index contributed by atoms with van der Waals surface area (Å²) in [4.78, 5) is 2.34. The van der Waals surface area contributed by atoms with Crippen LogP contribution in [0.3, 0.4) is 0 Å². The fraction of sp³-hybridized carbons (Fsp3) is 0.435. The Bertz CT molecular complexity index is 1080. The topological polar surface area (TPSA) is 105 Å². The monoisotopic (exact) mass is 476 g/mol. The second-order valence-corrected chi connectivity index (χ2v) is 10.0. The maximum atomic E-state index is 12.5. The highest BCUT2D eigenvalue weighted by atomic mass is 32.2. The number of methoxy groups -OCH3 is 1. The van der Waals surface area contributed by atoms with E-state index < -0.39 is 40.4 Å². The summed E-state index contributed by atoms with van der Waals surface area (Å²) < 4.78 is 54.0. The maximum Gasteiger partial charge on any atom is 0.276 e. The molecule has 2 fully saturated rings. The Balaban J connectivity index is 1.45. The van der Waals surface area contributed by atoms with Gasteiger partial charge in [0, 0.05) is 0 Å². The van der Waals surface area contributed by atoms with Gasteiger partial charge in [-0.2, -0.15) is 13.5 Å². The molecule has 10 heteroatoms. The third kappa shape index (κ3) is 5.53. The summed E-state index contributed by atoms with van der Waals surface area (Å²) in [5.74, 6) is -0.0604. The molecule has 0 saturated carbocycles. The van der Waals surface area contributed by atoms with Crippen LogP contribution in [0.5, 0.6) is 5.75 Å². The van der Waals surface area contributed by atoms with Crippen LogP contribution in [0.25, 0.3) is 0 Å². The first-order valence-corrected chi connectivity index (χ1v) is 12.0. The van der Waals surface area contributed by atoms with Gasteiger partial charge >= 0.3 is 0 Å². The summed E-state index contributed by atoms with van der Waals surface area (Å²) in [5, 5.41) is 3.92. The molecule has 33 heavy (non-hydrogen) atoms. The summed E-state index contributed by atoms with van der Waals surface area (Å²) >= 11 is 0. The number of rotatable bonds is 8. The standard InChI is InChI=1S/C23H28N2O7S/c1-15-5-11-18(12-6-15)33(26,27)25-24-13-19-20(21-22(30-19)32-23(2,3)31-21)29-14-16-7-9-17(28-4)10-8-16/h5-13,19-22,25H,14H2,1-4H3/b24-13+/t19-,20+,21-,22-/m1/s1. The summed E-state index contributed by atoms with van der Waals surface area (Å²) in [6.07, 6.45) is -0.987. The van der Waals surface area contributed by atoms with Gasteiger partial charge in [0.15, 0.2) is 12.1 Å². The van der Waals surface area contributed by atoms with Crippen LogP contribution in [-0.4, -0.2) is 52.1 Å². The van der Waals surface area contributed by atoms with Crippen molar-refractivity contribution in [3.63, 3.8) is 0 Å². The molecule has 2 saturated heterocycles. The van der Waals surface area contributed by atoms with E-state index in [4.69, 9.17) is 23.7 Å². The van der Waals surface area contributed by atoms with Crippen LogP contribution in [0.2, 0.25) is 0 Å². The Hall–Kier alpha value is -2.50. The second kappa shape index (κ2) is 9.40. The van der Waals surface area contributed by atoms with E-state index in [1.54, 1.807) is 33.1 Å². The molecule has 4 atom stereocenters. The molecule has 0 amide bonds. The van der Waals surface area contributed by atoms with Gasteiger partial charge in [-0.05, 0) is 50.6 Å². The van der Waals surface area contributed by atoms with Crippen molar-refractivity contribution in [1.29, 1.82) is 0 Å². The molecule has 0 spiro atoms. The van der Waals surface area contributed by atoms with Crippen molar-refractivity contribution in [3.8, 4) is 5.75 Å². The lowest BCUT2D eigenvalue weighted by molar-refractivity contribution is -0.210. The summed E-state index contributed by atoms with van der Waals surface area (Å²) in [6.45, 7) is 5.78. The van der Waals surface area contributed by atoms with Gasteiger partial charge in [-0.3, -0.25) is 0 Å². The number of hydrogen-bond acceptors (Lipinski definition) is 8. The number of nitrogens with zero attached hydrogens (tertiary/aromatic N) is 1. The summed E-state index contributed by atoms with van der Waals surface area (Å²) in [5.41, 5.74) is 1.90. The molecule has 2 heterocycles. The first-order valence-electron chi connectivity index (χ1n) is 10.5. The van der Waals surface area contributed by atoms with Crippen LogP contribution in [-0.2, 0) is 35.6 Å². The Labute approximate surface area is 193 Å². The number of aryl methyl sites for hydroxylation is 1. The molecule has 2 aliphatic heterocycles. The van der Waals surface area contributed by atoms with E-state index in [1.165, 1.54) is 18.3 Å². The van der Waals surface area contributed by atoms with Crippen LogP contribution in [0.1, 0.15) is 25.0 Å². The van der Waals surface area contributed by atoms with Crippen molar-refractivity contribution in [2.24, 2.45) is 5.10 Å². The maximum absolute atomic E-state index is 12.5. The largest absolute Gasteiger partial charge is 0.497 e. The van der Waals surface area contributed by atoms with Crippen LogP contribution < -0.4 is 9.57 Å². The highest BCUT2D eigenvalue weighted by Crippen LogP contribution is 2.38. The number of fused-ring (bicyclic) bond motifs is 1. The Kier molecular flexibility index (Phi) is 6.73. The van der Waals surface area contributed by atoms with Gasteiger partial charge in [0.1, 0.15) is 24.1 Å². The quantitative estimate of drug-likeness (QED) is 0.461. The van der Waals surface area contributed by atoms with Gasteiger partial charge in [0.25, 0.3) is 10.0 Å². The third-order valence-corrected chi connectivity index (χ3v) is 6.59. The highest BCUT2D eigenvalue weighted by molar-refractivity contribution is 7.89. The van der Waals surface area contributed by atoms with E-state index in [2.05, 4.69) is 9.93 Å². The van der Waals surface area contributed by atoms with Crippen molar-refractivity contribution in [3.05, 3.63) is 59.7 Å². The predicted octanol–water partition coefficient (Wildman–Crippen LogP) is 2.73. The molecule has 2 aromatic carbocycles. The normalized spacial score (nSPS) is 26.4. The molecule has 0 aromatic heterocycles. The van der Waals surface area contributed by atoms with Gasteiger partial charge < -0.3 is 23.7 Å². The smallest absolute Gasteiger partial charge is 0.276 e. The van der Waals surface area contributed by atoms with Gasteiger partial charge in [-0.25, -0.2) is 4.83 Å². The molecule has 2 aromatic rings. The van der Waals surface area contributed by atoms with Gasteiger partial charge in [-0.1, -0.05) is 29.8 Å². The van der Waals surface area contributed by atoms with Gasteiger partial charge in [-0.15, -0.1) is 0 Å². The number of ether oxygens (including phenoxy) is 5. The van der Waals surface area contributed by atoms with Crippen molar-refractivity contribution < 1.29 is 32.1 Å². The molecular weight excluding hydrogens is 448 g/mol. The van der Waals surface area contributed by atoms with Crippen molar-refractivity contribution in [1.82, 2.24) is 4.83 Å². The van der Waals surface area contributed by atoms with E-state index in [9.17, 15) is 8.42 Å². The lowest BCUT2D eigenvalue weighted by Gasteiger charge is -2.24. The zero-order valence-electron chi connectivity index (χ0n) is 18.9. The van der Waals surface area contributed by atoms with Crippen LogP contribution >= 0.6 is 0 Å². The second-order valence-electron chi connectivity index (χ2n) is 8.38. The van der Waals surface area contributed by atoms with Crippen LogP contribution in [0.15, 0.2) is 58.5 Å². The van der Waals surface area contributed by atoms with E-state index in [0.717, 1.165) is 16.9 Å². The first-order chi connectivity index (χ1) is 15.7. The summed E-state index contributed by atoms with van der Waals surface area (Å²) in [7, 11) is -2.20. The van der Waals surface area contributed by atoms with Crippen LogP contribution in [0.4, 0.5) is 0 Å². The molecule has 178 valence electrons. The molecular formula is C23H28N2O7S. The molecule has 2 aliphatic rings. The molecule has 0 radical (unpaired) electrons. The number of nitrogens with one attached hydrogen (secondary N) is 1. The number of hydrogen-bond donors (Lipinski definition) is 1. The SMILES string of the molecule is COc1ccc(CO[C@@H]2[C@H]3OC(C)(C)O[C@H]3O[C@@H]2/C=N/NS(=O)(=O)c2ccc(C)cc2)cc1. The molecule has 0 bridgehead atoms. The fourth-order valence-electron chi connectivity index (χ4n) is 3.67. The molecule has 0 aliphatic carbocycles. The molecule has 0 unspecified atom stereocenters. The zero-order valence-corrected chi connectivity index (χ0v) is 19.7. The number of hydrazone groups is 1. The predicted molar refractivity (Wildman–Crippen MR) is 120 cm³/mol. The summed E-state index contributed by atoms with van der Waals surface area (Å²) in [6, 6.07) is 14.0. The van der Waals surface area contributed by atoms with Crippen molar-refractivity contribution in [2.75, 3.05) is 7.11 Å². The highest BCUT2D eigenvalue weighted by Gasteiger charge is 2.55. The van der Waals surface area contributed by atoms with Gasteiger partial charge in [0.05, 0.1) is 24.8 Å². The van der Waals surface area contributed by atoms with Crippen molar-refractivity contribution >= 4 is 16.2 Å². The van der Waals surface area contributed by atoms with Crippen molar-refractivity contribution in [2.45, 2.75) is 62.7 Å². The molecule has 1 N–H and O–H groups in total. The van der Waals surface area contributed by atoms with E-state index in [1.807, 2.05) is 31.2 Å². The lowest BCUT2D eigenvalue weighted by atomic mass is 10.1. The minimum atomic E-state index is -3.80. The Morgan fingerprint density at radius 3 is 2.45 bits per heavy atom. The average molecular weight is 477 g/mol. The Morgan fingerprint density at radius 2 is 1.79 bits per heavy atom. The zero-order chi connectivity index (χ0) is 23.6. The number of benzene rings is 2. The molecule has 4 rings (SSSR count). The lowest BCUT2D eigenvalue weighted by Crippen LogP contribution is -2.38. The van der Waals surface area contributed by atoms with Crippen LogP contribution in [0, 0.1) is 6.92 Å².